The van der Waals surface area contributed by atoms with E-state index < -0.39 is 4.92 Å². The molecule has 0 aliphatic carbocycles. The molecule has 0 saturated carbocycles. The maximum absolute atomic E-state index is 11.0. The van der Waals surface area contributed by atoms with E-state index in [1.165, 1.54) is 17.2 Å². The largest absolute Gasteiger partial charge is 0.485 e. The molecule has 1 fully saturated rings. The van der Waals surface area contributed by atoms with Crippen molar-refractivity contribution in [2.24, 2.45) is 0 Å². The van der Waals surface area contributed by atoms with Crippen molar-refractivity contribution in [1.29, 1.82) is 0 Å². The summed E-state index contributed by atoms with van der Waals surface area (Å²) in [6, 6.07) is 15.2. The SMILES string of the molecule is Cc1cccc(CN2CCN(CCOc3ccccc3[N+](=O)[O-])CC2)c1. The normalized spacial score (nSPS) is 15.7. The summed E-state index contributed by atoms with van der Waals surface area (Å²) >= 11 is 0. The van der Waals surface area contributed by atoms with Crippen LogP contribution in [0.4, 0.5) is 5.69 Å². The van der Waals surface area contributed by atoms with Gasteiger partial charge in [0.15, 0.2) is 5.75 Å². The summed E-state index contributed by atoms with van der Waals surface area (Å²) < 4.78 is 5.64. The van der Waals surface area contributed by atoms with Crippen LogP contribution in [0.2, 0.25) is 0 Å². The molecule has 0 amide bonds. The van der Waals surface area contributed by atoms with Gasteiger partial charge in [-0.15, -0.1) is 0 Å². The molecule has 1 aliphatic heterocycles. The number of nitro benzene ring substituents is 1. The Morgan fingerprint density at radius 3 is 2.50 bits per heavy atom. The molecule has 138 valence electrons. The third-order valence-electron chi connectivity index (χ3n) is 4.68. The summed E-state index contributed by atoms with van der Waals surface area (Å²) in [7, 11) is 0. The molecule has 3 rings (SSSR count). The van der Waals surface area contributed by atoms with Crippen molar-refractivity contribution >= 4 is 5.69 Å². The Hall–Kier alpha value is -2.44. The van der Waals surface area contributed by atoms with Crippen molar-refractivity contribution in [2.45, 2.75) is 13.5 Å². The van der Waals surface area contributed by atoms with Crippen LogP contribution in [-0.2, 0) is 6.54 Å². The lowest BCUT2D eigenvalue weighted by Gasteiger charge is -2.34. The van der Waals surface area contributed by atoms with Crippen LogP contribution in [0.15, 0.2) is 48.5 Å². The van der Waals surface area contributed by atoms with Crippen LogP contribution in [0.1, 0.15) is 11.1 Å². The van der Waals surface area contributed by atoms with E-state index in [-0.39, 0.29) is 5.69 Å². The molecule has 1 aliphatic rings. The standard InChI is InChI=1S/C20H25N3O3/c1-17-5-4-6-18(15-17)16-22-11-9-21(10-12-22)13-14-26-20-8-3-2-7-19(20)23(24)25/h2-8,15H,9-14,16H2,1H3. The molecule has 0 unspecified atom stereocenters. The number of piperazine rings is 1. The molecule has 0 N–H and O–H groups in total. The summed E-state index contributed by atoms with van der Waals surface area (Å²) in [4.78, 5) is 15.4. The molecule has 2 aromatic carbocycles. The smallest absolute Gasteiger partial charge is 0.310 e. The number of hydrogen-bond acceptors (Lipinski definition) is 5. The topological polar surface area (TPSA) is 58.8 Å². The third kappa shape index (κ3) is 5.03. The minimum Gasteiger partial charge on any atom is -0.485 e. The zero-order valence-corrected chi connectivity index (χ0v) is 15.1. The fourth-order valence-corrected chi connectivity index (χ4v) is 3.25. The van der Waals surface area contributed by atoms with E-state index in [1.54, 1.807) is 18.2 Å². The lowest BCUT2D eigenvalue weighted by atomic mass is 10.1. The first kappa shape index (κ1) is 18.4. The first-order chi connectivity index (χ1) is 12.6. The molecule has 0 spiro atoms. The van der Waals surface area contributed by atoms with Gasteiger partial charge in [0.25, 0.3) is 0 Å². The number of ether oxygens (including phenoxy) is 1. The molecule has 26 heavy (non-hydrogen) atoms. The Morgan fingerprint density at radius 1 is 1.04 bits per heavy atom. The van der Waals surface area contributed by atoms with Crippen LogP contribution < -0.4 is 4.74 Å². The van der Waals surface area contributed by atoms with Crippen molar-refractivity contribution in [1.82, 2.24) is 9.80 Å². The minimum absolute atomic E-state index is 0.0236. The molecule has 0 atom stereocenters. The third-order valence-corrected chi connectivity index (χ3v) is 4.68. The van der Waals surface area contributed by atoms with Gasteiger partial charge in [-0.1, -0.05) is 42.0 Å². The van der Waals surface area contributed by atoms with Gasteiger partial charge < -0.3 is 4.74 Å². The molecule has 2 aromatic rings. The van der Waals surface area contributed by atoms with Gasteiger partial charge >= 0.3 is 5.69 Å². The maximum atomic E-state index is 11.0. The minimum atomic E-state index is -0.403. The number of nitro groups is 1. The number of aryl methyl sites for hydroxylation is 1. The average Bonchev–Trinajstić information content (AvgIpc) is 2.63. The molecule has 6 nitrogen and oxygen atoms in total. The number of hydrogen-bond donors (Lipinski definition) is 0. The van der Waals surface area contributed by atoms with Crippen LogP contribution in [0, 0.1) is 17.0 Å². The fraction of sp³-hybridized carbons (Fsp3) is 0.400. The van der Waals surface area contributed by atoms with Crippen LogP contribution in [0.5, 0.6) is 5.75 Å². The average molecular weight is 355 g/mol. The van der Waals surface area contributed by atoms with Gasteiger partial charge in [0.05, 0.1) is 4.92 Å². The molecule has 0 bridgehead atoms. The highest BCUT2D eigenvalue weighted by molar-refractivity contribution is 5.45. The van der Waals surface area contributed by atoms with E-state index in [2.05, 4.69) is 41.0 Å². The van der Waals surface area contributed by atoms with Crippen molar-refractivity contribution < 1.29 is 9.66 Å². The van der Waals surface area contributed by atoms with E-state index in [9.17, 15) is 10.1 Å². The molecule has 1 heterocycles. The molecule has 0 aromatic heterocycles. The van der Waals surface area contributed by atoms with Crippen molar-refractivity contribution in [3.05, 3.63) is 69.8 Å². The Labute approximate surface area is 154 Å². The summed E-state index contributed by atoms with van der Waals surface area (Å²) in [5.74, 6) is 0.343. The fourth-order valence-electron chi connectivity index (χ4n) is 3.25. The number of rotatable bonds is 7. The van der Waals surface area contributed by atoms with E-state index >= 15 is 0 Å². The van der Waals surface area contributed by atoms with Crippen LogP contribution in [0.3, 0.4) is 0 Å². The number of para-hydroxylation sites is 2. The Kier molecular flexibility index (Phi) is 6.20. The van der Waals surface area contributed by atoms with Gasteiger partial charge in [0.1, 0.15) is 6.61 Å². The second-order valence-corrected chi connectivity index (χ2v) is 6.68. The summed E-state index contributed by atoms with van der Waals surface area (Å²) in [5.41, 5.74) is 2.68. The zero-order valence-electron chi connectivity index (χ0n) is 15.1. The van der Waals surface area contributed by atoms with Crippen LogP contribution >= 0.6 is 0 Å². The molecule has 6 heteroatoms. The van der Waals surface area contributed by atoms with Crippen molar-refractivity contribution in [3.8, 4) is 5.75 Å². The van der Waals surface area contributed by atoms with Gasteiger partial charge in [0, 0.05) is 45.3 Å². The number of nitrogens with zero attached hydrogens (tertiary/aromatic N) is 3. The van der Waals surface area contributed by atoms with Gasteiger partial charge in [-0.3, -0.25) is 19.9 Å². The number of benzene rings is 2. The van der Waals surface area contributed by atoms with E-state index in [1.807, 2.05) is 0 Å². The van der Waals surface area contributed by atoms with E-state index in [0.717, 1.165) is 39.3 Å². The summed E-state index contributed by atoms with van der Waals surface area (Å²) in [5, 5.41) is 11.0. The Bertz CT molecular complexity index is 743. The van der Waals surface area contributed by atoms with Crippen molar-refractivity contribution in [3.63, 3.8) is 0 Å². The highest BCUT2D eigenvalue weighted by Crippen LogP contribution is 2.25. The van der Waals surface area contributed by atoms with Gasteiger partial charge in [-0.2, -0.15) is 0 Å². The first-order valence-corrected chi connectivity index (χ1v) is 8.98. The quantitative estimate of drug-likeness (QED) is 0.564. The van der Waals surface area contributed by atoms with Gasteiger partial charge in [-0.05, 0) is 18.6 Å². The van der Waals surface area contributed by atoms with E-state index in [4.69, 9.17) is 4.74 Å². The second kappa shape index (κ2) is 8.78. The van der Waals surface area contributed by atoms with Gasteiger partial charge in [-0.25, -0.2) is 0 Å². The zero-order chi connectivity index (χ0) is 18.4. The van der Waals surface area contributed by atoms with Crippen LogP contribution in [0.25, 0.3) is 0 Å². The highest BCUT2D eigenvalue weighted by atomic mass is 16.6. The Morgan fingerprint density at radius 2 is 1.77 bits per heavy atom. The van der Waals surface area contributed by atoms with Crippen LogP contribution in [-0.4, -0.2) is 54.1 Å². The predicted molar refractivity (Wildman–Crippen MR) is 101 cm³/mol. The molecular weight excluding hydrogens is 330 g/mol. The summed E-state index contributed by atoms with van der Waals surface area (Å²) in [6.07, 6.45) is 0. The highest BCUT2D eigenvalue weighted by Gasteiger charge is 2.18. The molecular formula is C20H25N3O3. The molecule has 1 saturated heterocycles. The molecule has 0 radical (unpaired) electrons. The predicted octanol–water partition coefficient (Wildman–Crippen LogP) is 3.10. The van der Waals surface area contributed by atoms with E-state index in [0.29, 0.717) is 12.4 Å². The summed E-state index contributed by atoms with van der Waals surface area (Å²) in [6.45, 7) is 8.39. The lowest BCUT2D eigenvalue weighted by Crippen LogP contribution is -2.47. The monoisotopic (exact) mass is 355 g/mol. The lowest BCUT2D eigenvalue weighted by molar-refractivity contribution is -0.385. The van der Waals surface area contributed by atoms with Crippen molar-refractivity contribution in [2.75, 3.05) is 39.3 Å². The second-order valence-electron chi connectivity index (χ2n) is 6.68. The maximum Gasteiger partial charge on any atom is 0.310 e. The first-order valence-electron chi connectivity index (χ1n) is 8.98. The Balaban J connectivity index is 1.41. The van der Waals surface area contributed by atoms with Gasteiger partial charge in [0.2, 0.25) is 0 Å².